The van der Waals surface area contributed by atoms with Gasteiger partial charge >= 0.3 is 0 Å². The molecular formula is C11H24N2O. The molecule has 0 radical (unpaired) electrons. The SMILES string of the molecule is C[C@@H]1CN(C)[C@@H](C)C[C@H]1NCCCO. The molecule has 0 unspecified atom stereocenters. The van der Waals surface area contributed by atoms with Crippen LogP contribution in [0.1, 0.15) is 26.7 Å². The Morgan fingerprint density at radius 2 is 2.14 bits per heavy atom. The summed E-state index contributed by atoms with van der Waals surface area (Å²) < 4.78 is 0. The fourth-order valence-electron chi connectivity index (χ4n) is 2.19. The first kappa shape index (κ1) is 12.0. The zero-order chi connectivity index (χ0) is 10.6. The predicted octanol–water partition coefficient (Wildman–Crippen LogP) is 0.687. The molecule has 0 aromatic heterocycles. The summed E-state index contributed by atoms with van der Waals surface area (Å²) in [6, 6.07) is 1.31. The van der Waals surface area contributed by atoms with Crippen LogP contribution < -0.4 is 5.32 Å². The summed E-state index contributed by atoms with van der Waals surface area (Å²) in [4.78, 5) is 2.43. The number of aliphatic hydroxyl groups excluding tert-OH is 1. The minimum absolute atomic E-state index is 0.295. The van der Waals surface area contributed by atoms with Crippen molar-refractivity contribution < 1.29 is 5.11 Å². The lowest BCUT2D eigenvalue weighted by Crippen LogP contribution is -2.51. The average molecular weight is 200 g/mol. The van der Waals surface area contributed by atoms with Gasteiger partial charge < -0.3 is 15.3 Å². The van der Waals surface area contributed by atoms with Crippen LogP contribution in [0.3, 0.4) is 0 Å². The summed E-state index contributed by atoms with van der Waals surface area (Å²) in [5, 5.41) is 12.2. The van der Waals surface area contributed by atoms with Crippen LogP contribution in [0.2, 0.25) is 0 Å². The third kappa shape index (κ3) is 3.23. The molecule has 3 nitrogen and oxygen atoms in total. The number of nitrogens with one attached hydrogen (secondary N) is 1. The van der Waals surface area contributed by atoms with E-state index in [0.717, 1.165) is 18.9 Å². The Bertz CT molecular complexity index is 163. The maximum absolute atomic E-state index is 8.71. The van der Waals surface area contributed by atoms with Gasteiger partial charge in [-0.2, -0.15) is 0 Å². The Morgan fingerprint density at radius 3 is 2.79 bits per heavy atom. The molecule has 0 bridgehead atoms. The number of aliphatic hydroxyl groups is 1. The highest BCUT2D eigenvalue weighted by atomic mass is 16.3. The van der Waals surface area contributed by atoms with E-state index in [2.05, 4.69) is 31.1 Å². The Balaban J connectivity index is 2.29. The molecule has 1 rings (SSSR count). The fraction of sp³-hybridized carbons (Fsp3) is 1.00. The van der Waals surface area contributed by atoms with E-state index in [0.29, 0.717) is 18.7 Å². The third-order valence-electron chi connectivity index (χ3n) is 3.35. The van der Waals surface area contributed by atoms with Crippen molar-refractivity contribution in [1.29, 1.82) is 0 Å². The van der Waals surface area contributed by atoms with Crippen molar-refractivity contribution in [1.82, 2.24) is 10.2 Å². The van der Waals surface area contributed by atoms with E-state index in [4.69, 9.17) is 5.11 Å². The number of nitrogens with zero attached hydrogens (tertiary/aromatic N) is 1. The van der Waals surface area contributed by atoms with E-state index < -0.39 is 0 Å². The van der Waals surface area contributed by atoms with Crippen LogP contribution in [0.15, 0.2) is 0 Å². The summed E-state index contributed by atoms with van der Waals surface area (Å²) in [7, 11) is 2.20. The molecule has 1 heterocycles. The molecule has 84 valence electrons. The van der Waals surface area contributed by atoms with Crippen LogP contribution in [0.5, 0.6) is 0 Å². The number of piperidine rings is 1. The molecule has 0 spiro atoms. The lowest BCUT2D eigenvalue weighted by Gasteiger charge is -2.40. The number of hydrogen-bond donors (Lipinski definition) is 2. The van der Waals surface area contributed by atoms with Crippen LogP contribution in [0.25, 0.3) is 0 Å². The van der Waals surface area contributed by atoms with Crippen molar-refractivity contribution in [2.24, 2.45) is 5.92 Å². The second kappa shape index (κ2) is 5.69. The van der Waals surface area contributed by atoms with E-state index in [-0.39, 0.29) is 0 Å². The van der Waals surface area contributed by atoms with Crippen molar-refractivity contribution in [2.75, 3.05) is 26.7 Å². The molecule has 14 heavy (non-hydrogen) atoms. The minimum Gasteiger partial charge on any atom is -0.396 e. The van der Waals surface area contributed by atoms with Crippen molar-refractivity contribution in [3.63, 3.8) is 0 Å². The van der Waals surface area contributed by atoms with Gasteiger partial charge in [0.15, 0.2) is 0 Å². The Hall–Kier alpha value is -0.120. The quantitative estimate of drug-likeness (QED) is 0.655. The number of likely N-dealkylation sites (tertiary alicyclic amines) is 1. The maximum atomic E-state index is 8.71. The fourth-order valence-corrected chi connectivity index (χ4v) is 2.19. The first-order chi connectivity index (χ1) is 6.65. The Kier molecular flexibility index (Phi) is 4.85. The first-order valence-corrected chi connectivity index (χ1v) is 5.69. The predicted molar refractivity (Wildman–Crippen MR) is 59.4 cm³/mol. The summed E-state index contributed by atoms with van der Waals surface area (Å²) in [5.74, 6) is 0.717. The van der Waals surface area contributed by atoms with Gasteiger partial charge in [0.05, 0.1) is 0 Å². The lowest BCUT2D eigenvalue weighted by molar-refractivity contribution is 0.120. The molecule has 0 aliphatic carbocycles. The van der Waals surface area contributed by atoms with Gasteiger partial charge in [-0.3, -0.25) is 0 Å². The topological polar surface area (TPSA) is 35.5 Å². The molecular weight excluding hydrogens is 176 g/mol. The third-order valence-corrected chi connectivity index (χ3v) is 3.35. The largest absolute Gasteiger partial charge is 0.396 e. The van der Waals surface area contributed by atoms with Crippen molar-refractivity contribution in [3.8, 4) is 0 Å². The highest BCUT2D eigenvalue weighted by molar-refractivity contribution is 4.85. The van der Waals surface area contributed by atoms with Gasteiger partial charge in [0, 0.05) is 25.2 Å². The van der Waals surface area contributed by atoms with E-state index in [1.54, 1.807) is 0 Å². The molecule has 1 aliphatic heterocycles. The van der Waals surface area contributed by atoms with Crippen LogP contribution in [0.4, 0.5) is 0 Å². The second-order valence-electron chi connectivity index (χ2n) is 4.64. The zero-order valence-electron chi connectivity index (χ0n) is 9.66. The van der Waals surface area contributed by atoms with Gasteiger partial charge in [0.2, 0.25) is 0 Å². The number of hydrogen-bond acceptors (Lipinski definition) is 3. The molecule has 3 heteroatoms. The highest BCUT2D eigenvalue weighted by Crippen LogP contribution is 2.20. The van der Waals surface area contributed by atoms with Crippen LogP contribution >= 0.6 is 0 Å². The monoisotopic (exact) mass is 200 g/mol. The average Bonchev–Trinajstić information content (AvgIpc) is 2.14. The van der Waals surface area contributed by atoms with Gasteiger partial charge in [-0.05, 0) is 39.3 Å². The van der Waals surface area contributed by atoms with Gasteiger partial charge in [0.25, 0.3) is 0 Å². The first-order valence-electron chi connectivity index (χ1n) is 5.69. The van der Waals surface area contributed by atoms with E-state index in [1.165, 1.54) is 13.0 Å². The van der Waals surface area contributed by atoms with Crippen LogP contribution in [-0.4, -0.2) is 48.8 Å². The summed E-state index contributed by atoms with van der Waals surface area (Å²) in [6.45, 7) is 7.01. The number of rotatable bonds is 4. The molecule has 2 N–H and O–H groups in total. The second-order valence-corrected chi connectivity index (χ2v) is 4.64. The van der Waals surface area contributed by atoms with E-state index in [9.17, 15) is 0 Å². The normalized spacial score (nSPS) is 34.7. The molecule has 1 aliphatic rings. The van der Waals surface area contributed by atoms with Crippen molar-refractivity contribution in [2.45, 2.75) is 38.8 Å². The minimum atomic E-state index is 0.295. The van der Waals surface area contributed by atoms with Gasteiger partial charge in [0.1, 0.15) is 0 Å². The van der Waals surface area contributed by atoms with Gasteiger partial charge in [-0.1, -0.05) is 6.92 Å². The smallest absolute Gasteiger partial charge is 0.0443 e. The van der Waals surface area contributed by atoms with Gasteiger partial charge in [-0.25, -0.2) is 0 Å². The van der Waals surface area contributed by atoms with E-state index in [1.807, 2.05) is 0 Å². The van der Waals surface area contributed by atoms with Crippen LogP contribution in [-0.2, 0) is 0 Å². The molecule has 0 aromatic carbocycles. The van der Waals surface area contributed by atoms with Crippen molar-refractivity contribution >= 4 is 0 Å². The summed E-state index contributed by atoms with van der Waals surface area (Å²) >= 11 is 0. The molecule has 1 saturated heterocycles. The molecule has 0 amide bonds. The Morgan fingerprint density at radius 1 is 1.43 bits per heavy atom. The molecule has 0 aromatic rings. The molecule has 3 atom stereocenters. The summed E-state index contributed by atoms with van der Waals surface area (Å²) in [5.41, 5.74) is 0. The van der Waals surface area contributed by atoms with Gasteiger partial charge in [-0.15, -0.1) is 0 Å². The molecule has 0 saturated carbocycles. The highest BCUT2D eigenvalue weighted by Gasteiger charge is 2.27. The summed E-state index contributed by atoms with van der Waals surface area (Å²) in [6.07, 6.45) is 2.09. The maximum Gasteiger partial charge on any atom is 0.0443 e. The Labute approximate surface area is 87.5 Å². The lowest BCUT2D eigenvalue weighted by atomic mass is 9.90. The standard InChI is InChI=1S/C11H24N2O/c1-9-8-13(3)10(2)7-11(9)12-5-4-6-14/h9-12,14H,4-8H2,1-3H3/t9-,10+,11-/m1/s1. The molecule has 1 fully saturated rings. The van der Waals surface area contributed by atoms with E-state index >= 15 is 0 Å². The van der Waals surface area contributed by atoms with Crippen LogP contribution in [0, 0.1) is 5.92 Å². The zero-order valence-corrected chi connectivity index (χ0v) is 9.66. The van der Waals surface area contributed by atoms with Crippen molar-refractivity contribution in [3.05, 3.63) is 0 Å².